The summed E-state index contributed by atoms with van der Waals surface area (Å²) >= 11 is 0. The number of rotatable bonds is 3. The number of carbonyl (C=O) groups is 2. The molecule has 2 aromatic rings. The highest BCUT2D eigenvalue weighted by Crippen LogP contribution is 2.32. The Hall–Kier alpha value is -2.38. The molecular formula is C20H26N4O3. The van der Waals surface area contributed by atoms with E-state index in [0.29, 0.717) is 64.5 Å². The number of H-pyrrole nitrogens is 1. The third-order valence-corrected chi connectivity index (χ3v) is 5.91. The highest BCUT2D eigenvalue weighted by atomic mass is 16.5. The number of aromatic amines is 1. The van der Waals surface area contributed by atoms with Crippen molar-refractivity contribution >= 4 is 22.7 Å². The number of amides is 2. The zero-order valence-electron chi connectivity index (χ0n) is 15.4. The van der Waals surface area contributed by atoms with E-state index < -0.39 is 5.41 Å². The molecule has 0 radical (unpaired) electrons. The lowest BCUT2D eigenvalue weighted by Crippen LogP contribution is -2.57. The summed E-state index contributed by atoms with van der Waals surface area (Å²) in [5.41, 5.74) is 7.02. The summed E-state index contributed by atoms with van der Waals surface area (Å²) in [6.45, 7) is 3.70. The zero-order chi connectivity index (χ0) is 18.9. The first kappa shape index (κ1) is 18.0. The number of ether oxygens (including phenoxy) is 1. The maximum atomic E-state index is 13.1. The number of benzene rings is 1. The lowest BCUT2D eigenvalue weighted by molar-refractivity contribution is -0.148. The molecule has 2 fully saturated rings. The molecule has 0 bridgehead atoms. The van der Waals surface area contributed by atoms with Crippen LogP contribution in [0, 0.1) is 5.41 Å². The minimum atomic E-state index is -0.498. The summed E-state index contributed by atoms with van der Waals surface area (Å²) in [5, 5.41) is 1.03. The van der Waals surface area contributed by atoms with Crippen LogP contribution in [0.4, 0.5) is 0 Å². The van der Waals surface area contributed by atoms with Gasteiger partial charge in [-0.3, -0.25) is 9.59 Å². The van der Waals surface area contributed by atoms with Crippen molar-refractivity contribution in [1.29, 1.82) is 0 Å². The molecule has 3 heterocycles. The van der Waals surface area contributed by atoms with Crippen LogP contribution in [-0.2, 0) is 9.53 Å². The third-order valence-electron chi connectivity index (χ3n) is 5.91. The van der Waals surface area contributed by atoms with Crippen molar-refractivity contribution in [2.45, 2.75) is 12.8 Å². The fraction of sp³-hybridized carbons (Fsp3) is 0.500. The molecule has 2 aliphatic heterocycles. The van der Waals surface area contributed by atoms with Gasteiger partial charge in [0.1, 0.15) is 5.69 Å². The van der Waals surface area contributed by atoms with Crippen LogP contribution in [-0.4, -0.2) is 72.5 Å². The number of nitrogens with two attached hydrogens (primary N) is 1. The van der Waals surface area contributed by atoms with E-state index in [1.165, 1.54) is 0 Å². The summed E-state index contributed by atoms with van der Waals surface area (Å²) in [5.74, 6) is 0.101. The normalized spacial score (nSPS) is 20.0. The van der Waals surface area contributed by atoms with Gasteiger partial charge in [-0.1, -0.05) is 18.2 Å². The largest absolute Gasteiger partial charge is 0.381 e. The van der Waals surface area contributed by atoms with Crippen LogP contribution in [0.1, 0.15) is 23.3 Å². The Balaban J connectivity index is 1.41. The smallest absolute Gasteiger partial charge is 0.270 e. The molecule has 1 aromatic carbocycles. The molecule has 27 heavy (non-hydrogen) atoms. The second kappa shape index (κ2) is 7.32. The molecule has 0 saturated carbocycles. The van der Waals surface area contributed by atoms with Crippen molar-refractivity contribution < 1.29 is 14.3 Å². The Morgan fingerprint density at radius 1 is 1.07 bits per heavy atom. The van der Waals surface area contributed by atoms with Gasteiger partial charge in [-0.15, -0.1) is 0 Å². The van der Waals surface area contributed by atoms with E-state index in [1.807, 2.05) is 40.1 Å². The van der Waals surface area contributed by atoms with Crippen molar-refractivity contribution in [1.82, 2.24) is 14.8 Å². The Labute approximate surface area is 158 Å². The minimum absolute atomic E-state index is 0.0158. The van der Waals surface area contributed by atoms with Crippen molar-refractivity contribution in [3.05, 3.63) is 36.0 Å². The number of carbonyl (C=O) groups excluding carboxylic acids is 2. The van der Waals surface area contributed by atoms with Crippen LogP contribution in [0.3, 0.4) is 0 Å². The van der Waals surface area contributed by atoms with Crippen molar-refractivity contribution in [3.8, 4) is 0 Å². The minimum Gasteiger partial charge on any atom is -0.381 e. The second-order valence-corrected chi connectivity index (χ2v) is 7.45. The van der Waals surface area contributed by atoms with E-state index in [0.717, 1.165) is 10.9 Å². The maximum Gasteiger partial charge on any atom is 0.270 e. The molecule has 0 spiro atoms. The van der Waals surface area contributed by atoms with Gasteiger partial charge in [0.15, 0.2) is 0 Å². The first-order valence-electron chi connectivity index (χ1n) is 9.57. The maximum absolute atomic E-state index is 13.1. The standard InChI is InChI=1S/C20H26N4O3/c21-14-20(5-11-27-12-6-20)19(26)24-9-7-23(8-10-24)18(25)17-13-15-3-1-2-4-16(15)22-17/h1-4,13,22H,5-12,14,21H2. The SMILES string of the molecule is NCC1(C(=O)N2CCN(C(=O)c3cc4ccccc4[nH]3)CC2)CCOCC1. The highest BCUT2D eigenvalue weighted by molar-refractivity contribution is 5.98. The molecule has 144 valence electrons. The van der Waals surface area contributed by atoms with Crippen LogP contribution in [0.5, 0.6) is 0 Å². The number of aromatic nitrogens is 1. The quantitative estimate of drug-likeness (QED) is 0.849. The molecule has 0 aliphatic carbocycles. The van der Waals surface area contributed by atoms with Gasteiger partial charge in [0.2, 0.25) is 5.91 Å². The summed E-state index contributed by atoms with van der Waals surface area (Å²) in [4.78, 5) is 32.7. The summed E-state index contributed by atoms with van der Waals surface area (Å²) in [6, 6.07) is 9.74. The van der Waals surface area contributed by atoms with Crippen LogP contribution in [0.15, 0.2) is 30.3 Å². The fourth-order valence-electron chi connectivity index (χ4n) is 4.07. The highest BCUT2D eigenvalue weighted by Gasteiger charge is 2.42. The lowest BCUT2D eigenvalue weighted by Gasteiger charge is -2.42. The Bertz CT molecular complexity index is 800. The first-order chi connectivity index (χ1) is 13.1. The number of nitrogens with zero attached hydrogens (tertiary/aromatic N) is 2. The van der Waals surface area contributed by atoms with E-state index in [2.05, 4.69) is 4.98 Å². The number of hydrogen-bond acceptors (Lipinski definition) is 4. The Kier molecular flexibility index (Phi) is 4.88. The molecule has 2 saturated heterocycles. The van der Waals surface area contributed by atoms with Crippen molar-refractivity contribution in [2.24, 2.45) is 11.1 Å². The third kappa shape index (κ3) is 3.33. The van der Waals surface area contributed by atoms with Crippen LogP contribution in [0.2, 0.25) is 0 Å². The molecule has 2 amide bonds. The average Bonchev–Trinajstić information content (AvgIpc) is 3.17. The number of para-hydroxylation sites is 1. The van der Waals surface area contributed by atoms with Gasteiger partial charge in [0, 0.05) is 56.8 Å². The lowest BCUT2D eigenvalue weighted by atomic mass is 9.78. The average molecular weight is 370 g/mol. The van der Waals surface area contributed by atoms with Crippen molar-refractivity contribution in [3.63, 3.8) is 0 Å². The zero-order valence-corrected chi connectivity index (χ0v) is 15.4. The molecule has 7 nitrogen and oxygen atoms in total. The number of piperazine rings is 1. The van der Waals surface area contributed by atoms with Crippen LogP contribution in [0.25, 0.3) is 10.9 Å². The molecule has 0 unspecified atom stereocenters. The van der Waals surface area contributed by atoms with Gasteiger partial charge < -0.3 is 25.3 Å². The van der Waals surface area contributed by atoms with E-state index in [9.17, 15) is 9.59 Å². The predicted molar refractivity (Wildman–Crippen MR) is 102 cm³/mol. The Morgan fingerprint density at radius 2 is 1.74 bits per heavy atom. The Morgan fingerprint density at radius 3 is 2.41 bits per heavy atom. The van der Waals surface area contributed by atoms with Crippen LogP contribution >= 0.6 is 0 Å². The molecule has 3 N–H and O–H groups in total. The second-order valence-electron chi connectivity index (χ2n) is 7.45. The molecule has 1 aromatic heterocycles. The number of nitrogens with one attached hydrogen (secondary N) is 1. The van der Waals surface area contributed by atoms with Gasteiger partial charge in [0.25, 0.3) is 5.91 Å². The summed E-state index contributed by atoms with van der Waals surface area (Å²) in [6.07, 6.45) is 1.35. The molecule has 0 atom stereocenters. The van der Waals surface area contributed by atoms with E-state index >= 15 is 0 Å². The summed E-state index contributed by atoms with van der Waals surface area (Å²) < 4.78 is 5.40. The van der Waals surface area contributed by atoms with Gasteiger partial charge in [-0.25, -0.2) is 0 Å². The molecule has 7 heteroatoms. The van der Waals surface area contributed by atoms with Crippen molar-refractivity contribution in [2.75, 3.05) is 45.9 Å². The number of fused-ring (bicyclic) bond motifs is 1. The summed E-state index contributed by atoms with van der Waals surface area (Å²) in [7, 11) is 0. The van der Waals surface area contributed by atoms with Crippen LogP contribution < -0.4 is 5.73 Å². The molecular weight excluding hydrogens is 344 g/mol. The van der Waals surface area contributed by atoms with E-state index in [1.54, 1.807) is 0 Å². The molecule has 2 aliphatic rings. The topological polar surface area (TPSA) is 91.7 Å². The van der Waals surface area contributed by atoms with Gasteiger partial charge in [-0.2, -0.15) is 0 Å². The van der Waals surface area contributed by atoms with Gasteiger partial charge in [0.05, 0.1) is 5.41 Å². The first-order valence-corrected chi connectivity index (χ1v) is 9.57. The monoisotopic (exact) mass is 370 g/mol. The number of hydrogen-bond donors (Lipinski definition) is 2. The molecule has 4 rings (SSSR count). The predicted octanol–water partition coefficient (Wildman–Crippen LogP) is 1.21. The van der Waals surface area contributed by atoms with Gasteiger partial charge >= 0.3 is 0 Å². The van der Waals surface area contributed by atoms with E-state index in [-0.39, 0.29) is 11.8 Å². The van der Waals surface area contributed by atoms with Gasteiger partial charge in [-0.05, 0) is 25.0 Å². The van der Waals surface area contributed by atoms with E-state index in [4.69, 9.17) is 10.5 Å². The fourth-order valence-corrected chi connectivity index (χ4v) is 4.07.